The Morgan fingerprint density at radius 2 is 2.05 bits per heavy atom. The predicted molar refractivity (Wildman–Crippen MR) is 82.3 cm³/mol. The Kier molecular flexibility index (Phi) is 3.84. The molecule has 3 rings (SSSR count). The van der Waals surface area contributed by atoms with Gasteiger partial charge in [-0.3, -0.25) is 4.79 Å². The summed E-state index contributed by atoms with van der Waals surface area (Å²) < 4.78 is 0. The maximum Gasteiger partial charge on any atom is 0.246 e. The highest BCUT2D eigenvalue weighted by molar-refractivity contribution is 5.91. The maximum absolute atomic E-state index is 12.3. The molecule has 0 bridgehead atoms. The Hall–Kier alpha value is -2.73. The van der Waals surface area contributed by atoms with E-state index in [-0.39, 0.29) is 11.9 Å². The number of hydrogen-bond acceptors (Lipinski definition) is 5. The first-order chi connectivity index (χ1) is 10.6. The molecule has 6 heteroatoms. The highest BCUT2D eigenvalue weighted by Gasteiger charge is 2.25. The zero-order valence-corrected chi connectivity index (χ0v) is 11.9. The van der Waals surface area contributed by atoms with Crippen molar-refractivity contribution in [3.63, 3.8) is 0 Å². The summed E-state index contributed by atoms with van der Waals surface area (Å²) in [5, 5.41) is 10.1. The largest absolute Gasteiger partial charge is 0.387 e. The van der Waals surface area contributed by atoms with Gasteiger partial charge in [0.05, 0.1) is 12.6 Å². The molecule has 1 aliphatic heterocycles. The lowest BCUT2D eigenvalue weighted by molar-refractivity contribution is -0.128. The van der Waals surface area contributed by atoms with E-state index in [1.54, 1.807) is 23.4 Å². The highest BCUT2D eigenvalue weighted by Crippen LogP contribution is 2.26. The average molecular weight is 296 g/mol. The molecule has 2 heterocycles. The number of aromatic nitrogens is 2. The van der Waals surface area contributed by atoms with E-state index in [2.05, 4.69) is 9.97 Å². The van der Waals surface area contributed by atoms with E-state index in [9.17, 15) is 9.90 Å². The Bertz CT molecular complexity index is 712. The van der Waals surface area contributed by atoms with Crippen LogP contribution in [0.1, 0.15) is 22.8 Å². The maximum atomic E-state index is 12.3. The number of β-amino-alcohol motifs (C(OH)–C–C–N with tert-alkyl or cyclic N) is 1. The van der Waals surface area contributed by atoms with Crippen LogP contribution in [-0.2, 0) is 11.3 Å². The van der Waals surface area contributed by atoms with Crippen LogP contribution in [-0.4, -0.2) is 32.4 Å². The van der Waals surface area contributed by atoms with Crippen molar-refractivity contribution in [2.24, 2.45) is 0 Å². The van der Waals surface area contributed by atoms with Gasteiger partial charge in [-0.05, 0) is 17.2 Å². The van der Waals surface area contributed by atoms with Gasteiger partial charge in [-0.2, -0.15) is 0 Å². The number of nitrogens with zero attached hydrogens (tertiary/aromatic N) is 3. The van der Waals surface area contributed by atoms with Crippen molar-refractivity contribution in [3.05, 3.63) is 59.4 Å². The third kappa shape index (κ3) is 2.96. The lowest BCUT2D eigenvalue weighted by atomic mass is 9.97. The van der Waals surface area contributed by atoms with E-state index in [4.69, 9.17) is 5.73 Å². The number of nitrogen functional groups attached to an aromatic ring is 1. The van der Waals surface area contributed by atoms with E-state index in [0.717, 1.165) is 11.1 Å². The van der Waals surface area contributed by atoms with Crippen LogP contribution in [0.5, 0.6) is 0 Å². The molecule has 0 radical (unpaired) electrons. The molecule has 22 heavy (non-hydrogen) atoms. The fraction of sp³-hybridized carbons (Fsp3) is 0.188. The van der Waals surface area contributed by atoms with Crippen molar-refractivity contribution in [2.45, 2.75) is 12.6 Å². The SMILES string of the molecule is Nc1ncc(/C=C/C(=O)N2Cc3ccccc3C(O)C2)cn1. The van der Waals surface area contributed by atoms with E-state index < -0.39 is 6.10 Å². The summed E-state index contributed by atoms with van der Waals surface area (Å²) in [6, 6.07) is 7.61. The van der Waals surface area contributed by atoms with Gasteiger partial charge in [-0.1, -0.05) is 24.3 Å². The van der Waals surface area contributed by atoms with Crippen LogP contribution in [0.25, 0.3) is 6.08 Å². The number of rotatable bonds is 2. The summed E-state index contributed by atoms with van der Waals surface area (Å²) in [6.07, 6.45) is 5.53. The standard InChI is InChI=1S/C16H16N4O2/c17-16-18-7-11(8-19-16)5-6-15(22)20-9-12-3-1-2-4-13(12)14(21)10-20/h1-8,14,21H,9-10H2,(H2,17,18,19)/b6-5+. The van der Waals surface area contributed by atoms with E-state index >= 15 is 0 Å². The predicted octanol–water partition coefficient (Wildman–Crippen LogP) is 1.15. The molecule has 1 unspecified atom stereocenters. The number of benzene rings is 1. The van der Waals surface area contributed by atoms with Gasteiger partial charge in [-0.15, -0.1) is 0 Å². The lowest BCUT2D eigenvalue weighted by Crippen LogP contribution is -2.37. The van der Waals surface area contributed by atoms with Crippen molar-refractivity contribution in [1.82, 2.24) is 14.9 Å². The quantitative estimate of drug-likeness (QED) is 0.811. The fourth-order valence-corrected chi connectivity index (χ4v) is 2.46. The van der Waals surface area contributed by atoms with E-state index in [1.807, 2.05) is 24.3 Å². The van der Waals surface area contributed by atoms with Crippen molar-refractivity contribution >= 4 is 17.9 Å². The highest BCUT2D eigenvalue weighted by atomic mass is 16.3. The van der Waals surface area contributed by atoms with Crippen LogP contribution in [0.2, 0.25) is 0 Å². The third-order valence-electron chi connectivity index (χ3n) is 3.59. The van der Waals surface area contributed by atoms with Gasteiger partial charge in [0.25, 0.3) is 0 Å². The first-order valence-corrected chi connectivity index (χ1v) is 6.94. The zero-order valence-electron chi connectivity index (χ0n) is 11.9. The number of amides is 1. The molecule has 3 N–H and O–H groups in total. The van der Waals surface area contributed by atoms with Crippen molar-refractivity contribution in [1.29, 1.82) is 0 Å². The molecule has 1 atom stereocenters. The van der Waals surface area contributed by atoms with Crippen LogP contribution in [0.15, 0.2) is 42.7 Å². The number of fused-ring (bicyclic) bond motifs is 1. The molecule has 1 aromatic carbocycles. The molecule has 0 spiro atoms. The van der Waals surface area contributed by atoms with Gasteiger partial charge >= 0.3 is 0 Å². The summed E-state index contributed by atoms with van der Waals surface area (Å²) in [5.41, 5.74) is 7.97. The molecule has 1 aromatic heterocycles. The van der Waals surface area contributed by atoms with Crippen LogP contribution in [0.3, 0.4) is 0 Å². The molecular weight excluding hydrogens is 280 g/mol. The van der Waals surface area contributed by atoms with Crippen molar-refractivity contribution in [2.75, 3.05) is 12.3 Å². The Morgan fingerprint density at radius 3 is 2.82 bits per heavy atom. The number of carbonyl (C=O) groups excluding carboxylic acids is 1. The fourth-order valence-electron chi connectivity index (χ4n) is 2.46. The smallest absolute Gasteiger partial charge is 0.246 e. The molecule has 1 amide bonds. The van der Waals surface area contributed by atoms with E-state index in [1.165, 1.54) is 6.08 Å². The van der Waals surface area contributed by atoms with Crippen LogP contribution >= 0.6 is 0 Å². The molecule has 6 nitrogen and oxygen atoms in total. The lowest BCUT2D eigenvalue weighted by Gasteiger charge is -2.31. The normalized spacial score (nSPS) is 17.5. The first kappa shape index (κ1) is 14.2. The number of hydrogen-bond donors (Lipinski definition) is 2. The van der Waals surface area contributed by atoms with Gasteiger partial charge in [0.15, 0.2) is 0 Å². The summed E-state index contributed by atoms with van der Waals surface area (Å²) in [4.78, 5) is 21.6. The minimum absolute atomic E-state index is 0.162. The van der Waals surface area contributed by atoms with Crippen LogP contribution in [0, 0.1) is 0 Å². The second kappa shape index (κ2) is 5.95. The minimum atomic E-state index is -0.651. The average Bonchev–Trinajstić information content (AvgIpc) is 2.54. The van der Waals surface area contributed by atoms with Gasteiger partial charge in [-0.25, -0.2) is 9.97 Å². The number of aliphatic hydroxyl groups excluding tert-OH is 1. The number of carbonyl (C=O) groups is 1. The van der Waals surface area contributed by atoms with Gasteiger partial charge in [0.1, 0.15) is 0 Å². The summed E-state index contributed by atoms with van der Waals surface area (Å²) in [7, 11) is 0. The number of anilines is 1. The third-order valence-corrected chi connectivity index (χ3v) is 3.59. The molecule has 0 saturated carbocycles. The van der Waals surface area contributed by atoms with Crippen molar-refractivity contribution in [3.8, 4) is 0 Å². The Labute approximate surface area is 127 Å². The molecule has 0 saturated heterocycles. The van der Waals surface area contributed by atoms with Crippen LogP contribution in [0.4, 0.5) is 5.95 Å². The first-order valence-electron chi connectivity index (χ1n) is 6.94. The summed E-state index contributed by atoms with van der Waals surface area (Å²) in [5.74, 6) is 0.0321. The van der Waals surface area contributed by atoms with Crippen molar-refractivity contribution < 1.29 is 9.90 Å². The molecule has 2 aromatic rings. The molecule has 0 aliphatic carbocycles. The monoisotopic (exact) mass is 296 g/mol. The zero-order chi connectivity index (χ0) is 15.5. The summed E-state index contributed by atoms with van der Waals surface area (Å²) >= 11 is 0. The summed E-state index contributed by atoms with van der Waals surface area (Å²) in [6.45, 7) is 0.785. The molecule has 1 aliphatic rings. The Morgan fingerprint density at radius 1 is 1.32 bits per heavy atom. The minimum Gasteiger partial charge on any atom is -0.387 e. The van der Waals surface area contributed by atoms with Gasteiger partial charge in [0.2, 0.25) is 11.9 Å². The molecule has 0 fully saturated rings. The molecule has 112 valence electrons. The molecular formula is C16H16N4O2. The Balaban J connectivity index is 1.72. The number of aliphatic hydroxyl groups is 1. The van der Waals surface area contributed by atoms with E-state index in [0.29, 0.717) is 18.7 Å². The number of nitrogens with two attached hydrogens (primary N) is 1. The van der Waals surface area contributed by atoms with Gasteiger partial charge in [0, 0.05) is 30.6 Å². The topological polar surface area (TPSA) is 92.3 Å². The van der Waals surface area contributed by atoms with Crippen LogP contribution < -0.4 is 5.73 Å². The second-order valence-corrected chi connectivity index (χ2v) is 5.14. The second-order valence-electron chi connectivity index (χ2n) is 5.14. The van der Waals surface area contributed by atoms with Gasteiger partial charge < -0.3 is 15.7 Å².